The van der Waals surface area contributed by atoms with Crippen molar-refractivity contribution in [2.75, 3.05) is 5.75 Å². The maximum Gasteiger partial charge on any atom is 0.321 e. The Morgan fingerprint density at radius 2 is 2.25 bits per heavy atom. The number of carbonyl (C=O) groups excluding carboxylic acids is 1. The van der Waals surface area contributed by atoms with E-state index in [9.17, 15) is 18.8 Å². The Bertz CT molecular complexity index is 812. The monoisotopic (exact) mass is 350 g/mol. The molecule has 0 bridgehead atoms. The fourth-order valence-corrected chi connectivity index (χ4v) is 3.46. The van der Waals surface area contributed by atoms with E-state index in [1.165, 1.54) is 0 Å². The van der Waals surface area contributed by atoms with Gasteiger partial charge in [0.1, 0.15) is 5.54 Å². The van der Waals surface area contributed by atoms with Gasteiger partial charge in [-0.15, -0.1) is 0 Å². The Balaban J connectivity index is 1.72. The normalized spacial score (nSPS) is 16.8. The number of para-hydroxylation sites is 2. The molecule has 3 rings (SSSR count). The van der Waals surface area contributed by atoms with Gasteiger partial charge in [0.05, 0.1) is 22.9 Å². The van der Waals surface area contributed by atoms with Crippen molar-refractivity contribution in [3.05, 3.63) is 24.3 Å². The molecule has 0 saturated heterocycles. The predicted molar refractivity (Wildman–Crippen MR) is 86.6 cm³/mol. The lowest BCUT2D eigenvalue weighted by atomic mass is 9.98. The van der Waals surface area contributed by atoms with E-state index in [2.05, 4.69) is 16.4 Å². The molecule has 0 spiro atoms. The van der Waals surface area contributed by atoms with Crippen LogP contribution < -0.4 is 5.32 Å². The number of amides is 1. The molecule has 1 aliphatic carbocycles. The zero-order chi connectivity index (χ0) is 17.3. The second kappa shape index (κ2) is 6.40. The van der Waals surface area contributed by atoms with Crippen molar-refractivity contribution in [2.24, 2.45) is 5.92 Å². The average molecular weight is 350 g/mol. The Kier molecular flexibility index (Phi) is 4.45. The summed E-state index contributed by atoms with van der Waals surface area (Å²) < 4.78 is 27.5. The number of imidazole rings is 1. The van der Waals surface area contributed by atoms with Crippen LogP contribution in [0.4, 0.5) is 8.78 Å². The highest BCUT2D eigenvalue weighted by Crippen LogP contribution is 2.39. The summed E-state index contributed by atoms with van der Waals surface area (Å²) in [5.41, 5.74) is -0.101. The van der Waals surface area contributed by atoms with Crippen LogP contribution in [0.25, 0.3) is 11.0 Å². The first kappa shape index (κ1) is 16.7. The number of aromatic nitrogens is 2. The first-order valence-corrected chi connectivity index (χ1v) is 8.53. The van der Waals surface area contributed by atoms with Gasteiger partial charge in [0, 0.05) is 0 Å². The Morgan fingerprint density at radius 3 is 2.88 bits per heavy atom. The number of carbonyl (C=O) groups is 1. The predicted octanol–water partition coefficient (Wildman–Crippen LogP) is 3.33. The van der Waals surface area contributed by atoms with Gasteiger partial charge < -0.3 is 5.32 Å². The Morgan fingerprint density at radius 1 is 1.54 bits per heavy atom. The molecule has 1 unspecified atom stereocenters. The van der Waals surface area contributed by atoms with Crippen LogP contribution in [0, 0.1) is 17.2 Å². The smallest absolute Gasteiger partial charge is 0.321 e. The molecule has 1 atom stereocenters. The topological polar surface area (TPSA) is 70.7 Å². The van der Waals surface area contributed by atoms with Crippen molar-refractivity contribution in [3.63, 3.8) is 0 Å². The molecule has 24 heavy (non-hydrogen) atoms. The Labute approximate surface area is 142 Å². The molecule has 2 aromatic rings. The zero-order valence-electron chi connectivity index (χ0n) is 13.0. The van der Waals surface area contributed by atoms with Crippen molar-refractivity contribution in [1.82, 2.24) is 14.9 Å². The highest BCUT2D eigenvalue weighted by atomic mass is 32.2. The summed E-state index contributed by atoms with van der Waals surface area (Å²) in [6.07, 6.45) is 1.83. The van der Waals surface area contributed by atoms with Crippen LogP contribution >= 0.6 is 11.8 Å². The minimum atomic E-state index is -2.74. The number of hydrogen-bond acceptors (Lipinski definition) is 4. The molecule has 0 aliphatic heterocycles. The summed E-state index contributed by atoms with van der Waals surface area (Å²) in [6, 6.07) is 8.74. The standard InChI is InChI=1S/C16H16F2N4OS/c1-16(9-19,10-6-7-10)21-13(23)8-24-15-20-11-4-2-3-5-12(11)22(15)14(17)18/h2-5,10,14H,6-8H2,1H3,(H,21,23). The first-order chi connectivity index (χ1) is 11.4. The number of halogens is 2. The molecule has 1 saturated carbocycles. The third kappa shape index (κ3) is 3.22. The van der Waals surface area contributed by atoms with E-state index in [4.69, 9.17) is 0 Å². The van der Waals surface area contributed by atoms with Crippen LogP contribution in [0.2, 0.25) is 0 Å². The van der Waals surface area contributed by atoms with E-state index < -0.39 is 12.1 Å². The molecule has 1 aromatic carbocycles. The van der Waals surface area contributed by atoms with Crippen LogP contribution in [-0.2, 0) is 4.79 Å². The van der Waals surface area contributed by atoms with Crippen molar-refractivity contribution in [1.29, 1.82) is 5.26 Å². The molecule has 1 amide bonds. The summed E-state index contributed by atoms with van der Waals surface area (Å²) >= 11 is 0.943. The highest BCUT2D eigenvalue weighted by Gasteiger charge is 2.43. The number of rotatable bonds is 6. The van der Waals surface area contributed by atoms with Crippen LogP contribution in [-0.4, -0.2) is 26.8 Å². The van der Waals surface area contributed by atoms with E-state index in [0.717, 1.165) is 29.2 Å². The van der Waals surface area contributed by atoms with Crippen molar-refractivity contribution in [3.8, 4) is 6.07 Å². The third-order valence-corrected chi connectivity index (χ3v) is 5.07. The molecular weight excluding hydrogens is 334 g/mol. The molecule has 126 valence electrons. The highest BCUT2D eigenvalue weighted by molar-refractivity contribution is 7.99. The zero-order valence-corrected chi connectivity index (χ0v) is 13.8. The van der Waals surface area contributed by atoms with Gasteiger partial charge in [-0.1, -0.05) is 23.9 Å². The van der Waals surface area contributed by atoms with Crippen LogP contribution in [0.15, 0.2) is 29.4 Å². The van der Waals surface area contributed by atoms with Crippen molar-refractivity contribution < 1.29 is 13.6 Å². The summed E-state index contributed by atoms with van der Waals surface area (Å²) in [5.74, 6) is -0.258. The maximum atomic E-state index is 13.3. The SMILES string of the molecule is CC(C#N)(NC(=O)CSc1nc2ccccc2n1C(F)F)C1CC1. The average Bonchev–Trinajstić information content (AvgIpc) is 3.34. The lowest BCUT2D eigenvalue weighted by Gasteiger charge is -2.22. The molecule has 8 heteroatoms. The number of nitriles is 1. The molecule has 1 fully saturated rings. The van der Waals surface area contributed by atoms with E-state index in [1.807, 2.05) is 0 Å². The molecule has 1 N–H and O–H groups in total. The Hall–Kier alpha value is -2.14. The number of fused-ring (bicyclic) bond motifs is 1. The second-order valence-electron chi connectivity index (χ2n) is 5.96. The van der Waals surface area contributed by atoms with Gasteiger partial charge in [-0.2, -0.15) is 14.0 Å². The summed E-state index contributed by atoms with van der Waals surface area (Å²) in [7, 11) is 0. The van der Waals surface area contributed by atoms with Crippen LogP contribution in [0.3, 0.4) is 0 Å². The van der Waals surface area contributed by atoms with Gasteiger partial charge in [0.15, 0.2) is 5.16 Å². The van der Waals surface area contributed by atoms with Gasteiger partial charge >= 0.3 is 6.55 Å². The molecule has 1 aromatic heterocycles. The first-order valence-electron chi connectivity index (χ1n) is 7.55. The van der Waals surface area contributed by atoms with Crippen LogP contribution in [0.5, 0.6) is 0 Å². The number of hydrogen-bond donors (Lipinski definition) is 1. The van der Waals surface area contributed by atoms with Gasteiger partial charge in [-0.25, -0.2) is 4.98 Å². The van der Waals surface area contributed by atoms with Crippen molar-refractivity contribution >= 4 is 28.7 Å². The minimum absolute atomic E-state index is 0.0694. The lowest BCUT2D eigenvalue weighted by molar-refractivity contribution is -0.119. The quantitative estimate of drug-likeness (QED) is 0.811. The molecule has 1 heterocycles. The van der Waals surface area contributed by atoms with Crippen molar-refractivity contribution in [2.45, 2.75) is 37.0 Å². The van der Waals surface area contributed by atoms with E-state index in [0.29, 0.717) is 11.0 Å². The fourth-order valence-electron chi connectivity index (χ4n) is 2.65. The molecule has 0 radical (unpaired) electrons. The number of benzene rings is 1. The fraction of sp³-hybridized carbons (Fsp3) is 0.438. The van der Waals surface area contributed by atoms with Gasteiger partial charge in [-0.05, 0) is 37.8 Å². The van der Waals surface area contributed by atoms with Crippen LogP contribution in [0.1, 0.15) is 26.3 Å². The van der Waals surface area contributed by atoms with E-state index in [-0.39, 0.29) is 22.7 Å². The van der Waals surface area contributed by atoms with Gasteiger partial charge in [-0.3, -0.25) is 9.36 Å². The number of thioether (sulfide) groups is 1. The van der Waals surface area contributed by atoms with E-state index >= 15 is 0 Å². The second-order valence-corrected chi connectivity index (χ2v) is 6.90. The summed E-state index contributed by atoms with van der Waals surface area (Å²) in [5, 5.41) is 12.1. The molecular formula is C16H16F2N4OS. The lowest BCUT2D eigenvalue weighted by Crippen LogP contribution is -2.47. The summed E-state index contributed by atoms with van der Waals surface area (Å²) in [6.45, 7) is -1.04. The summed E-state index contributed by atoms with van der Waals surface area (Å²) in [4.78, 5) is 16.3. The van der Waals surface area contributed by atoms with Gasteiger partial charge in [0.2, 0.25) is 5.91 Å². The number of nitrogens with zero attached hydrogens (tertiary/aromatic N) is 3. The maximum absolute atomic E-state index is 13.3. The third-order valence-electron chi connectivity index (χ3n) is 4.12. The molecule has 1 aliphatic rings. The largest absolute Gasteiger partial charge is 0.337 e. The minimum Gasteiger partial charge on any atom is -0.337 e. The number of nitrogens with one attached hydrogen (secondary N) is 1. The van der Waals surface area contributed by atoms with E-state index in [1.54, 1.807) is 31.2 Å². The van der Waals surface area contributed by atoms with Gasteiger partial charge in [0.25, 0.3) is 0 Å². The number of alkyl halides is 2. The molecule has 5 nitrogen and oxygen atoms in total.